The summed E-state index contributed by atoms with van der Waals surface area (Å²) in [4.78, 5) is 0. The number of ether oxygens (including phenoxy) is 2. The Labute approximate surface area is 99.7 Å². The van der Waals surface area contributed by atoms with Crippen molar-refractivity contribution in [2.24, 2.45) is 5.92 Å². The van der Waals surface area contributed by atoms with Gasteiger partial charge in [0, 0.05) is 0 Å². The summed E-state index contributed by atoms with van der Waals surface area (Å²) in [7, 11) is 0. The Hall–Kier alpha value is -0.0800. The second-order valence-corrected chi connectivity index (χ2v) is 5.42. The van der Waals surface area contributed by atoms with Crippen LogP contribution < -0.4 is 0 Å². The van der Waals surface area contributed by atoms with E-state index < -0.39 is 0 Å². The van der Waals surface area contributed by atoms with Crippen molar-refractivity contribution >= 4 is 0 Å². The summed E-state index contributed by atoms with van der Waals surface area (Å²) in [6, 6.07) is 0. The molecule has 2 nitrogen and oxygen atoms in total. The van der Waals surface area contributed by atoms with Crippen molar-refractivity contribution in [3.8, 4) is 0 Å². The zero-order valence-electron chi connectivity index (χ0n) is 10.8. The summed E-state index contributed by atoms with van der Waals surface area (Å²) < 4.78 is 10.4. The van der Waals surface area contributed by atoms with Crippen LogP contribution in [0.15, 0.2) is 0 Å². The number of hydrogen-bond acceptors (Lipinski definition) is 2. The molecule has 94 valence electrons. The SMILES string of the molecule is CCCC1CCC2OC2C1.CCCC1CO1. The molecule has 0 aromatic rings. The van der Waals surface area contributed by atoms with E-state index in [4.69, 9.17) is 9.47 Å². The smallest absolute Gasteiger partial charge is 0.0844 e. The Morgan fingerprint density at radius 3 is 2.25 bits per heavy atom. The van der Waals surface area contributed by atoms with Gasteiger partial charge in [-0.25, -0.2) is 0 Å². The van der Waals surface area contributed by atoms with Gasteiger partial charge in [0.1, 0.15) is 0 Å². The second-order valence-electron chi connectivity index (χ2n) is 5.42. The maximum Gasteiger partial charge on any atom is 0.0844 e. The van der Waals surface area contributed by atoms with Gasteiger partial charge in [0.05, 0.1) is 24.9 Å². The van der Waals surface area contributed by atoms with Crippen molar-refractivity contribution in [3.63, 3.8) is 0 Å². The lowest BCUT2D eigenvalue weighted by molar-refractivity contribution is 0.350. The zero-order valence-corrected chi connectivity index (χ0v) is 10.8. The van der Waals surface area contributed by atoms with E-state index in [1.807, 2.05) is 0 Å². The van der Waals surface area contributed by atoms with Gasteiger partial charge >= 0.3 is 0 Å². The van der Waals surface area contributed by atoms with Crippen molar-refractivity contribution in [3.05, 3.63) is 0 Å². The predicted octanol–water partition coefficient (Wildman–Crippen LogP) is 3.54. The quantitative estimate of drug-likeness (QED) is 0.685. The highest BCUT2D eigenvalue weighted by Gasteiger charge is 2.43. The molecule has 0 radical (unpaired) electrons. The van der Waals surface area contributed by atoms with Crippen LogP contribution in [0.2, 0.25) is 0 Å². The molecule has 2 saturated heterocycles. The summed E-state index contributed by atoms with van der Waals surface area (Å²) in [5.41, 5.74) is 0. The Kier molecular flexibility index (Phi) is 4.66. The van der Waals surface area contributed by atoms with Gasteiger partial charge < -0.3 is 9.47 Å². The predicted molar refractivity (Wildman–Crippen MR) is 65.6 cm³/mol. The minimum absolute atomic E-state index is 0.648. The molecule has 0 spiro atoms. The van der Waals surface area contributed by atoms with E-state index in [9.17, 15) is 0 Å². The molecule has 0 aromatic carbocycles. The van der Waals surface area contributed by atoms with Gasteiger partial charge in [-0.2, -0.15) is 0 Å². The van der Waals surface area contributed by atoms with E-state index in [1.165, 1.54) is 44.9 Å². The van der Waals surface area contributed by atoms with Crippen molar-refractivity contribution in [2.75, 3.05) is 6.61 Å². The molecule has 0 bridgehead atoms. The summed E-state index contributed by atoms with van der Waals surface area (Å²) in [6.07, 6.45) is 11.5. The van der Waals surface area contributed by atoms with Crippen LogP contribution in [0.25, 0.3) is 0 Å². The van der Waals surface area contributed by atoms with Crippen LogP contribution in [0.4, 0.5) is 0 Å². The van der Waals surface area contributed by atoms with Crippen LogP contribution in [0.3, 0.4) is 0 Å². The van der Waals surface area contributed by atoms with Gasteiger partial charge in [-0.1, -0.05) is 33.1 Å². The third-order valence-electron chi connectivity index (χ3n) is 3.82. The molecule has 2 aliphatic heterocycles. The first-order chi connectivity index (χ1) is 7.83. The van der Waals surface area contributed by atoms with Gasteiger partial charge in [0.15, 0.2) is 0 Å². The summed E-state index contributed by atoms with van der Waals surface area (Å²) in [6.45, 7) is 5.48. The molecule has 3 fully saturated rings. The van der Waals surface area contributed by atoms with E-state index in [0.717, 1.165) is 12.5 Å². The maximum atomic E-state index is 5.45. The highest BCUT2D eigenvalue weighted by molar-refractivity contribution is 4.91. The van der Waals surface area contributed by atoms with Gasteiger partial charge in [0.25, 0.3) is 0 Å². The molecule has 3 aliphatic rings. The molecule has 1 saturated carbocycles. The fourth-order valence-electron chi connectivity index (χ4n) is 2.71. The number of fused-ring (bicyclic) bond motifs is 1. The highest BCUT2D eigenvalue weighted by atomic mass is 16.6. The summed E-state index contributed by atoms with van der Waals surface area (Å²) in [5, 5.41) is 0. The van der Waals surface area contributed by atoms with Crippen molar-refractivity contribution < 1.29 is 9.47 Å². The third-order valence-corrected chi connectivity index (χ3v) is 3.82. The van der Waals surface area contributed by atoms with Crippen LogP contribution >= 0.6 is 0 Å². The van der Waals surface area contributed by atoms with E-state index in [-0.39, 0.29) is 0 Å². The highest BCUT2D eigenvalue weighted by Crippen LogP contribution is 2.40. The first-order valence-corrected chi connectivity index (χ1v) is 7.10. The molecule has 1 aliphatic carbocycles. The monoisotopic (exact) mass is 226 g/mol. The van der Waals surface area contributed by atoms with Crippen LogP contribution in [-0.4, -0.2) is 24.9 Å². The molecule has 4 atom stereocenters. The Balaban J connectivity index is 0.000000138. The standard InChI is InChI=1S/C9H16O.C5H10O/c1-2-3-7-4-5-8-9(6-7)10-8;1-2-3-5-4-6-5/h7-9H,2-6H2,1H3;5H,2-4H2,1H3. The first-order valence-electron chi connectivity index (χ1n) is 7.10. The Bertz CT molecular complexity index is 201. The molecule has 0 amide bonds. The molecule has 0 aromatic heterocycles. The fraction of sp³-hybridized carbons (Fsp3) is 1.00. The lowest BCUT2D eigenvalue weighted by Gasteiger charge is -2.17. The molecule has 4 unspecified atom stereocenters. The Morgan fingerprint density at radius 1 is 1.00 bits per heavy atom. The van der Waals surface area contributed by atoms with E-state index in [2.05, 4.69) is 13.8 Å². The zero-order chi connectivity index (χ0) is 11.4. The average Bonchev–Trinajstić information content (AvgIpc) is 3.13. The second kappa shape index (κ2) is 6.02. The van der Waals surface area contributed by atoms with Crippen LogP contribution in [0, 0.1) is 5.92 Å². The molecule has 16 heavy (non-hydrogen) atoms. The number of rotatable bonds is 4. The molecule has 0 N–H and O–H groups in total. The average molecular weight is 226 g/mol. The van der Waals surface area contributed by atoms with E-state index in [0.29, 0.717) is 18.3 Å². The minimum atomic E-state index is 0.648. The minimum Gasteiger partial charge on any atom is -0.373 e. The molecule has 2 heteroatoms. The Morgan fingerprint density at radius 2 is 1.75 bits per heavy atom. The molecular weight excluding hydrogens is 200 g/mol. The molecular formula is C14H26O2. The normalized spacial score (nSPS) is 39.4. The van der Waals surface area contributed by atoms with E-state index in [1.54, 1.807) is 0 Å². The van der Waals surface area contributed by atoms with Crippen molar-refractivity contribution in [2.45, 2.75) is 77.1 Å². The summed E-state index contributed by atoms with van der Waals surface area (Å²) >= 11 is 0. The van der Waals surface area contributed by atoms with Gasteiger partial charge in [0.2, 0.25) is 0 Å². The molecule has 3 rings (SSSR count). The maximum absolute atomic E-state index is 5.45. The first kappa shape index (κ1) is 12.4. The lowest BCUT2D eigenvalue weighted by atomic mass is 9.86. The van der Waals surface area contributed by atoms with Gasteiger partial charge in [-0.15, -0.1) is 0 Å². The van der Waals surface area contributed by atoms with Crippen LogP contribution in [0.5, 0.6) is 0 Å². The fourth-order valence-corrected chi connectivity index (χ4v) is 2.71. The van der Waals surface area contributed by atoms with Gasteiger partial charge in [-0.05, 0) is 31.6 Å². The summed E-state index contributed by atoms with van der Waals surface area (Å²) in [5.74, 6) is 0.994. The number of hydrogen-bond donors (Lipinski definition) is 0. The number of epoxide rings is 2. The van der Waals surface area contributed by atoms with E-state index >= 15 is 0 Å². The van der Waals surface area contributed by atoms with Gasteiger partial charge in [-0.3, -0.25) is 0 Å². The van der Waals surface area contributed by atoms with Crippen molar-refractivity contribution in [1.82, 2.24) is 0 Å². The van der Waals surface area contributed by atoms with Crippen LogP contribution in [0.1, 0.15) is 58.8 Å². The lowest BCUT2D eigenvalue weighted by Crippen LogP contribution is -2.12. The third kappa shape index (κ3) is 4.06. The largest absolute Gasteiger partial charge is 0.373 e. The van der Waals surface area contributed by atoms with Crippen LogP contribution in [-0.2, 0) is 9.47 Å². The topological polar surface area (TPSA) is 25.1 Å². The van der Waals surface area contributed by atoms with Crippen molar-refractivity contribution in [1.29, 1.82) is 0 Å². The molecule has 2 heterocycles.